The van der Waals surface area contributed by atoms with Crippen LogP contribution >= 0.6 is 15.9 Å². The fourth-order valence-corrected chi connectivity index (χ4v) is 2.68. The summed E-state index contributed by atoms with van der Waals surface area (Å²) < 4.78 is 7.80. The lowest BCUT2D eigenvalue weighted by molar-refractivity contribution is -0.0366. The van der Waals surface area contributed by atoms with Gasteiger partial charge >= 0.3 is 0 Å². The van der Waals surface area contributed by atoms with Crippen LogP contribution in [0.25, 0.3) is 10.9 Å². The molecule has 1 aromatic heterocycles. The van der Waals surface area contributed by atoms with Crippen molar-refractivity contribution in [2.45, 2.75) is 30.8 Å². The van der Waals surface area contributed by atoms with Crippen LogP contribution < -0.4 is 0 Å². The molecule has 1 saturated heterocycles. The van der Waals surface area contributed by atoms with Crippen LogP contribution in [-0.2, 0) is 10.1 Å². The van der Waals surface area contributed by atoms with Gasteiger partial charge in [0.2, 0.25) is 0 Å². The summed E-state index contributed by atoms with van der Waals surface area (Å²) in [5.74, 6) is 0. The second-order valence-corrected chi connectivity index (χ2v) is 5.00. The van der Waals surface area contributed by atoms with E-state index in [4.69, 9.17) is 4.74 Å². The van der Waals surface area contributed by atoms with E-state index >= 15 is 0 Å². The minimum Gasteiger partial charge on any atom is -0.356 e. The lowest BCUT2D eigenvalue weighted by Gasteiger charge is -2.23. The van der Waals surface area contributed by atoms with E-state index in [1.165, 1.54) is 29.3 Å². The first-order chi connectivity index (χ1) is 8.38. The van der Waals surface area contributed by atoms with Crippen molar-refractivity contribution in [1.29, 1.82) is 0 Å². The highest BCUT2D eigenvalue weighted by Crippen LogP contribution is 2.26. The molecule has 3 nitrogen and oxygen atoms in total. The first-order valence-corrected chi connectivity index (χ1v) is 7.14. The molecule has 1 aromatic carbocycles. The SMILES string of the molecule is BrCc1ccc2c(cnn2[C@@H]2CCCCO2)c1. The maximum atomic E-state index is 5.78. The summed E-state index contributed by atoms with van der Waals surface area (Å²) >= 11 is 3.47. The highest BCUT2D eigenvalue weighted by atomic mass is 79.9. The topological polar surface area (TPSA) is 27.1 Å². The van der Waals surface area contributed by atoms with Gasteiger partial charge in [-0.05, 0) is 37.0 Å². The average molecular weight is 295 g/mol. The Morgan fingerprint density at radius 1 is 1.41 bits per heavy atom. The molecule has 1 aliphatic heterocycles. The van der Waals surface area contributed by atoms with Crippen molar-refractivity contribution < 1.29 is 4.74 Å². The third-order valence-electron chi connectivity index (χ3n) is 3.24. The van der Waals surface area contributed by atoms with E-state index in [9.17, 15) is 0 Å². The number of benzene rings is 1. The molecule has 0 unspecified atom stereocenters. The molecule has 0 bridgehead atoms. The quantitative estimate of drug-likeness (QED) is 0.791. The van der Waals surface area contributed by atoms with Crippen LogP contribution in [0.1, 0.15) is 31.1 Å². The molecule has 0 spiro atoms. The molecule has 1 aliphatic rings. The number of ether oxygens (including phenoxy) is 1. The molecule has 1 atom stereocenters. The highest BCUT2D eigenvalue weighted by Gasteiger charge is 2.18. The van der Waals surface area contributed by atoms with Gasteiger partial charge in [-0.15, -0.1) is 0 Å². The highest BCUT2D eigenvalue weighted by molar-refractivity contribution is 9.08. The second kappa shape index (κ2) is 4.78. The molecule has 17 heavy (non-hydrogen) atoms. The Labute approximate surface area is 109 Å². The Morgan fingerprint density at radius 3 is 3.12 bits per heavy atom. The number of nitrogens with zero attached hydrogens (tertiary/aromatic N) is 2. The standard InChI is InChI=1S/C13H15BrN2O/c14-8-10-4-5-12-11(7-10)9-15-16(12)13-3-1-2-6-17-13/h4-5,7,9,13H,1-3,6,8H2/t13-/m0/s1. The molecule has 0 N–H and O–H groups in total. The first kappa shape index (κ1) is 11.2. The van der Waals surface area contributed by atoms with Gasteiger partial charge in [-0.1, -0.05) is 22.0 Å². The van der Waals surface area contributed by atoms with Crippen LogP contribution in [0.3, 0.4) is 0 Å². The minimum atomic E-state index is 0.121. The van der Waals surface area contributed by atoms with E-state index in [0.29, 0.717) is 0 Å². The maximum Gasteiger partial charge on any atom is 0.150 e. The Bertz CT molecular complexity index is 517. The van der Waals surface area contributed by atoms with Gasteiger partial charge in [0.05, 0.1) is 11.7 Å². The number of halogens is 1. The van der Waals surface area contributed by atoms with Crippen molar-refractivity contribution in [2.24, 2.45) is 0 Å². The molecule has 0 saturated carbocycles. The summed E-state index contributed by atoms with van der Waals surface area (Å²) in [6.07, 6.45) is 5.52. The fraction of sp³-hybridized carbons (Fsp3) is 0.462. The molecule has 90 valence electrons. The number of fused-ring (bicyclic) bond motifs is 1. The largest absolute Gasteiger partial charge is 0.356 e. The van der Waals surface area contributed by atoms with E-state index in [0.717, 1.165) is 18.4 Å². The van der Waals surface area contributed by atoms with Crippen LogP contribution in [0.5, 0.6) is 0 Å². The number of hydrogen-bond donors (Lipinski definition) is 0. The minimum absolute atomic E-state index is 0.121. The van der Waals surface area contributed by atoms with Crippen molar-refractivity contribution in [3.63, 3.8) is 0 Å². The van der Waals surface area contributed by atoms with E-state index in [2.05, 4.69) is 39.2 Å². The predicted molar refractivity (Wildman–Crippen MR) is 71.2 cm³/mol. The maximum absolute atomic E-state index is 5.78. The van der Waals surface area contributed by atoms with E-state index in [1.807, 2.05) is 10.9 Å². The van der Waals surface area contributed by atoms with Gasteiger partial charge in [0.15, 0.2) is 6.23 Å². The van der Waals surface area contributed by atoms with Gasteiger partial charge in [0, 0.05) is 17.3 Å². The molecule has 0 amide bonds. The van der Waals surface area contributed by atoms with Crippen LogP contribution in [0, 0.1) is 0 Å². The molecule has 0 aliphatic carbocycles. The van der Waals surface area contributed by atoms with Crippen LogP contribution in [-0.4, -0.2) is 16.4 Å². The Balaban J connectivity index is 1.99. The summed E-state index contributed by atoms with van der Waals surface area (Å²) in [4.78, 5) is 0. The smallest absolute Gasteiger partial charge is 0.150 e. The molecule has 0 radical (unpaired) electrons. The monoisotopic (exact) mass is 294 g/mol. The Kier molecular flexibility index (Phi) is 3.16. The summed E-state index contributed by atoms with van der Waals surface area (Å²) in [6.45, 7) is 0.853. The normalized spacial score (nSPS) is 20.9. The number of alkyl halides is 1. The summed E-state index contributed by atoms with van der Waals surface area (Å²) in [5.41, 5.74) is 2.45. The summed E-state index contributed by atoms with van der Waals surface area (Å²) in [6, 6.07) is 6.45. The number of rotatable bonds is 2. The van der Waals surface area contributed by atoms with Crippen LogP contribution in [0.2, 0.25) is 0 Å². The summed E-state index contributed by atoms with van der Waals surface area (Å²) in [5, 5.41) is 6.54. The third kappa shape index (κ3) is 2.11. The molecule has 1 fully saturated rings. The molecule has 2 heterocycles. The zero-order valence-electron chi connectivity index (χ0n) is 9.60. The van der Waals surface area contributed by atoms with Crippen LogP contribution in [0.15, 0.2) is 24.4 Å². The van der Waals surface area contributed by atoms with Crippen molar-refractivity contribution in [3.8, 4) is 0 Å². The van der Waals surface area contributed by atoms with Gasteiger partial charge < -0.3 is 4.74 Å². The predicted octanol–water partition coefficient (Wildman–Crippen LogP) is 3.63. The van der Waals surface area contributed by atoms with Gasteiger partial charge in [-0.2, -0.15) is 5.10 Å². The lowest BCUT2D eigenvalue weighted by Crippen LogP contribution is -2.18. The van der Waals surface area contributed by atoms with E-state index in [1.54, 1.807) is 0 Å². The molecular weight excluding hydrogens is 280 g/mol. The van der Waals surface area contributed by atoms with Gasteiger partial charge in [0.1, 0.15) is 0 Å². The Morgan fingerprint density at radius 2 is 2.35 bits per heavy atom. The zero-order chi connectivity index (χ0) is 11.7. The van der Waals surface area contributed by atoms with Crippen molar-refractivity contribution in [3.05, 3.63) is 30.0 Å². The van der Waals surface area contributed by atoms with E-state index < -0.39 is 0 Å². The fourth-order valence-electron chi connectivity index (χ4n) is 2.33. The second-order valence-electron chi connectivity index (χ2n) is 4.44. The van der Waals surface area contributed by atoms with Gasteiger partial charge in [-0.25, -0.2) is 4.68 Å². The average Bonchev–Trinajstić information content (AvgIpc) is 2.82. The lowest BCUT2D eigenvalue weighted by atomic mass is 10.1. The molecule has 3 rings (SSSR count). The first-order valence-electron chi connectivity index (χ1n) is 6.02. The van der Waals surface area contributed by atoms with Gasteiger partial charge in [0.25, 0.3) is 0 Å². The van der Waals surface area contributed by atoms with Gasteiger partial charge in [-0.3, -0.25) is 0 Å². The van der Waals surface area contributed by atoms with E-state index in [-0.39, 0.29) is 6.23 Å². The van der Waals surface area contributed by atoms with Crippen LogP contribution in [0.4, 0.5) is 0 Å². The third-order valence-corrected chi connectivity index (χ3v) is 3.89. The number of aromatic nitrogens is 2. The number of hydrogen-bond acceptors (Lipinski definition) is 2. The van der Waals surface area contributed by atoms with Crippen molar-refractivity contribution in [1.82, 2.24) is 9.78 Å². The summed E-state index contributed by atoms with van der Waals surface area (Å²) in [7, 11) is 0. The molecular formula is C13H15BrN2O. The Hall–Kier alpha value is -0.870. The molecule has 4 heteroatoms. The van der Waals surface area contributed by atoms with Crippen molar-refractivity contribution >= 4 is 26.8 Å². The van der Waals surface area contributed by atoms with Crippen molar-refractivity contribution in [2.75, 3.05) is 6.61 Å². The molecule has 2 aromatic rings. The zero-order valence-corrected chi connectivity index (χ0v) is 11.2.